The minimum atomic E-state index is -0.616. The standard InChI is InChI=1S/C19H21N5O4/c1-10(2)12-7-13(15(26)8-14(12)25)17-21-22-19(28)24(17)18(27)11-5-6-16(20-9-11)23(3)4/h5-10,25-26H,1-4H3,(H,22,28). The molecule has 3 aromatic rings. The summed E-state index contributed by atoms with van der Waals surface area (Å²) in [6, 6.07) is 5.33. The highest BCUT2D eigenvalue weighted by atomic mass is 16.3. The number of rotatable bonds is 4. The highest BCUT2D eigenvalue weighted by Gasteiger charge is 2.24. The van der Waals surface area contributed by atoms with Crippen molar-refractivity contribution in [3.8, 4) is 28.9 Å². The van der Waals surface area contributed by atoms with Gasteiger partial charge in [-0.1, -0.05) is 18.9 Å². The summed E-state index contributed by atoms with van der Waals surface area (Å²) < 4.78 is 0.891. The highest BCUT2D eigenvalue weighted by Crippen LogP contribution is 2.38. The third-order valence-corrected chi connectivity index (χ3v) is 4.31. The van der Waals surface area contributed by atoms with Crippen LogP contribution in [0.5, 0.6) is 17.5 Å². The van der Waals surface area contributed by atoms with Crippen LogP contribution in [0.25, 0.3) is 11.4 Å². The normalized spacial score (nSPS) is 11.0. The Morgan fingerprint density at radius 2 is 1.79 bits per heavy atom. The number of hydrogen-bond donors (Lipinski definition) is 3. The molecule has 0 aliphatic rings. The minimum absolute atomic E-state index is 0.0391. The van der Waals surface area contributed by atoms with Gasteiger partial charge in [0, 0.05) is 26.4 Å². The summed E-state index contributed by atoms with van der Waals surface area (Å²) in [4.78, 5) is 18.9. The zero-order valence-electron chi connectivity index (χ0n) is 16.0. The largest absolute Gasteiger partial charge is 0.508 e. The number of pyridine rings is 1. The van der Waals surface area contributed by atoms with Gasteiger partial charge in [0.1, 0.15) is 17.3 Å². The molecule has 0 fully saturated rings. The van der Waals surface area contributed by atoms with Gasteiger partial charge in [0.15, 0.2) is 5.82 Å². The third-order valence-electron chi connectivity index (χ3n) is 4.31. The summed E-state index contributed by atoms with van der Waals surface area (Å²) in [7, 11) is 3.65. The van der Waals surface area contributed by atoms with Crippen molar-refractivity contribution >= 4 is 11.7 Å². The van der Waals surface area contributed by atoms with Gasteiger partial charge in [-0.25, -0.2) is 9.55 Å². The number of aromatic nitrogens is 4. The van der Waals surface area contributed by atoms with E-state index >= 15 is 0 Å². The maximum Gasteiger partial charge on any atom is 0.322 e. The molecule has 0 saturated carbocycles. The lowest BCUT2D eigenvalue weighted by Crippen LogP contribution is -2.15. The number of carbonyl (C=O) groups is 1. The molecule has 0 spiro atoms. The number of benzene rings is 1. The predicted molar refractivity (Wildman–Crippen MR) is 103 cm³/mol. The van der Waals surface area contributed by atoms with Gasteiger partial charge in [-0.15, -0.1) is 5.10 Å². The molecule has 3 rings (SSSR count). The lowest BCUT2D eigenvalue weighted by atomic mass is 9.98. The molecule has 0 bridgehead atoms. The number of anilines is 1. The smallest absolute Gasteiger partial charge is 0.322 e. The van der Waals surface area contributed by atoms with Crippen molar-refractivity contribution in [2.45, 2.75) is 19.8 Å². The molecule has 9 nitrogen and oxygen atoms in total. The first-order valence-electron chi connectivity index (χ1n) is 8.59. The fraction of sp³-hybridized carbons (Fsp3) is 0.263. The molecule has 2 heterocycles. The van der Waals surface area contributed by atoms with Gasteiger partial charge in [0.2, 0.25) is 0 Å². The zero-order chi connectivity index (χ0) is 20.6. The molecule has 0 aliphatic heterocycles. The van der Waals surface area contributed by atoms with Crippen LogP contribution in [0.4, 0.5) is 5.82 Å². The summed E-state index contributed by atoms with van der Waals surface area (Å²) in [5, 5.41) is 37.8. The van der Waals surface area contributed by atoms with E-state index in [9.17, 15) is 20.1 Å². The van der Waals surface area contributed by atoms with E-state index in [1.165, 1.54) is 18.3 Å². The van der Waals surface area contributed by atoms with Crippen molar-refractivity contribution in [3.05, 3.63) is 41.6 Å². The van der Waals surface area contributed by atoms with Crippen LogP contribution in [0.1, 0.15) is 35.7 Å². The predicted octanol–water partition coefficient (Wildman–Crippen LogP) is 2.33. The lowest BCUT2D eigenvalue weighted by molar-refractivity contribution is 0.0951. The molecule has 3 N–H and O–H groups in total. The Kier molecular flexibility index (Phi) is 4.91. The van der Waals surface area contributed by atoms with Crippen LogP contribution < -0.4 is 4.90 Å². The Morgan fingerprint density at radius 3 is 2.36 bits per heavy atom. The Hall–Kier alpha value is -3.62. The molecule has 0 radical (unpaired) electrons. The van der Waals surface area contributed by atoms with E-state index in [1.54, 1.807) is 17.0 Å². The topological polar surface area (TPSA) is 125 Å². The first-order chi connectivity index (χ1) is 13.2. The minimum Gasteiger partial charge on any atom is -0.508 e. The van der Waals surface area contributed by atoms with E-state index in [0.29, 0.717) is 11.4 Å². The van der Waals surface area contributed by atoms with Crippen LogP contribution in [0, 0.1) is 0 Å². The number of phenols is 2. The number of phenolic OH excluding ortho intramolecular Hbond substituents is 2. The van der Waals surface area contributed by atoms with Crippen molar-refractivity contribution in [2.24, 2.45) is 0 Å². The van der Waals surface area contributed by atoms with E-state index in [4.69, 9.17) is 0 Å². The van der Waals surface area contributed by atoms with E-state index in [-0.39, 0.29) is 34.4 Å². The number of hydrogen-bond acceptors (Lipinski definition) is 8. The summed E-state index contributed by atoms with van der Waals surface area (Å²) in [6.45, 7) is 3.75. The first-order valence-corrected chi connectivity index (χ1v) is 8.59. The Labute approximate surface area is 161 Å². The molecule has 2 aromatic heterocycles. The Morgan fingerprint density at radius 1 is 1.07 bits per heavy atom. The highest BCUT2D eigenvalue weighted by molar-refractivity contribution is 5.99. The average molecular weight is 383 g/mol. The van der Waals surface area contributed by atoms with Gasteiger partial charge in [-0.2, -0.15) is 0 Å². The molecule has 9 heteroatoms. The second-order valence-corrected chi connectivity index (χ2v) is 6.85. The summed E-state index contributed by atoms with van der Waals surface area (Å²) in [5.41, 5.74) is 0.941. The van der Waals surface area contributed by atoms with Gasteiger partial charge in [-0.3, -0.25) is 4.79 Å². The summed E-state index contributed by atoms with van der Waals surface area (Å²) in [6.07, 6.45) is 1.39. The fourth-order valence-electron chi connectivity index (χ4n) is 2.78. The fourth-order valence-corrected chi connectivity index (χ4v) is 2.78. The first kappa shape index (κ1) is 19.2. The third kappa shape index (κ3) is 3.34. The number of aromatic hydroxyl groups is 3. The van der Waals surface area contributed by atoms with Gasteiger partial charge in [-0.05, 0) is 29.7 Å². The van der Waals surface area contributed by atoms with Crippen LogP contribution in [-0.4, -0.2) is 55.1 Å². The second-order valence-electron chi connectivity index (χ2n) is 6.85. The maximum atomic E-state index is 12.9. The van der Waals surface area contributed by atoms with Crippen molar-refractivity contribution in [2.75, 3.05) is 19.0 Å². The van der Waals surface area contributed by atoms with Gasteiger partial charge in [0.25, 0.3) is 5.91 Å². The Bertz CT molecular complexity index is 1030. The molecule has 0 saturated heterocycles. The molecule has 146 valence electrons. The molecular formula is C19H21N5O4. The van der Waals surface area contributed by atoms with Crippen LogP contribution in [0.2, 0.25) is 0 Å². The van der Waals surface area contributed by atoms with Crippen molar-refractivity contribution in [3.63, 3.8) is 0 Å². The second kappa shape index (κ2) is 7.18. The molecule has 1 aromatic carbocycles. The lowest BCUT2D eigenvalue weighted by Gasteiger charge is -2.13. The zero-order valence-corrected chi connectivity index (χ0v) is 16.0. The quantitative estimate of drug-likeness (QED) is 0.627. The SMILES string of the molecule is CC(C)c1cc(-c2nnc(O)n2C(=O)c2ccc(N(C)C)nc2)c(O)cc1O. The van der Waals surface area contributed by atoms with Crippen LogP contribution in [0.15, 0.2) is 30.5 Å². The van der Waals surface area contributed by atoms with E-state index in [1.807, 2.05) is 27.9 Å². The number of carbonyl (C=O) groups excluding carboxylic acids is 1. The molecule has 0 amide bonds. The molecular weight excluding hydrogens is 362 g/mol. The van der Waals surface area contributed by atoms with E-state index in [2.05, 4.69) is 15.2 Å². The van der Waals surface area contributed by atoms with Gasteiger partial charge in [0.05, 0.1) is 11.1 Å². The van der Waals surface area contributed by atoms with Crippen LogP contribution in [-0.2, 0) is 0 Å². The monoisotopic (exact) mass is 383 g/mol. The summed E-state index contributed by atoms with van der Waals surface area (Å²) >= 11 is 0. The van der Waals surface area contributed by atoms with Crippen LogP contribution >= 0.6 is 0 Å². The van der Waals surface area contributed by atoms with E-state index in [0.717, 1.165) is 4.57 Å². The van der Waals surface area contributed by atoms with Crippen molar-refractivity contribution in [1.82, 2.24) is 19.7 Å². The average Bonchev–Trinajstić information content (AvgIpc) is 3.02. The van der Waals surface area contributed by atoms with Crippen LogP contribution in [0.3, 0.4) is 0 Å². The van der Waals surface area contributed by atoms with Gasteiger partial charge >= 0.3 is 6.01 Å². The van der Waals surface area contributed by atoms with Crippen molar-refractivity contribution in [1.29, 1.82) is 0 Å². The molecule has 0 atom stereocenters. The number of nitrogens with zero attached hydrogens (tertiary/aromatic N) is 5. The van der Waals surface area contributed by atoms with Crippen molar-refractivity contribution < 1.29 is 20.1 Å². The summed E-state index contributed by atoms with van der Waals surface area (Å²) in [5.74, 6) is -0.372. The molecule has 0 unspecified atom stereocenters. The Balaban J connectivity index is 2.10. The maximum absolute atomic E-state index is 12.9. The van der Waals surface area contributed by atoms with E-state index < -0.39 is 11.9 Å². The van der Waals surface area contributed by atoms with Gasteiger partial charge < -0.3 is 20.2 Å². The molecule has 0 aliphatic carbocycles. The molecule has 28 heavy (non-hydrogen) atoms.